The number of non-ortho nitro benzene ring substituents is 1. The van der Waals surface area contributed by atoms with E-state index in [4.69, 9.17) is 0 Å². The van der Waals surface area contributed by atoms with E-state index in [-0.39, 0.29) is 5.69 Å². The van der Waals surface area contributed by atoms with Gasteiger partial charge >= 0.3 is 0 Å². The summed E-state index contributed by atoms with van der Waals surface area (Å²) in [7, 11) is 0. The number of aliphatic imine (C=N–C) groups is 1. The summed E-state index contributed by atoms with van der Waals surface area (Å²) in [6.07, 6.45) is 1.91. The highest BCUT2D eigenvalue weighted by molar-refractivity contribution is 8.13. The molecule has 0 saturated carbocycles. The smallest absolute Gasteiger partial charge is 0.258 e. The summed E-state index contributed by atoms with van der Waals surface area (Å²) in [6.45, 7) is 1.86. The van der Waals surface area contributed by atoms with Crippen LogP contribution in [0.15, 0.2) is 29.3 Å². The molecule has 0 amide bonds. The summed E-state index contributed by atoms with van der Waals surface area (Å²) in [5.41, 5.74) is 0.686. The minimum atomic E-state index is -0.423. The Bertz CT molecular complexity index is 377. The monoisotopic (exact) mass is 210 g/mol. The van der Waals surface area contributed by atoms with Gasteiger partial charge in [0, 0.05) is 12.1 Å². The van der Waals surface area contributed by atoms with E-state index in [1.54, 1.807) is 12.1 Å². The molecule has 1 aromatic rings. The van der Waals surface area contributed by atoms with E-state index in [0.717, 1.165) is 5.04 Å². The molecule has 0 aliphatic heterocycles. The molecule has 1 rings (SSSR count). The van der Waals surface area contributed by atoms with Crippen LogP contribution in [0.5, 0.6) is 0 Å². The van der Waals surface area contributed by atoms with Crippen LogP contribution in [0.2, 0.25) is 0 Å². The van der Waals surface area contributed by atoms with Gasteiger partial charge in [-0.25, -0.2) is 4.99 Å². The van der Waals surface area contributed by atoms with Crippen molar-refractivity contribution in [2.24, 2.45) is 4.99 Å². The van der Waals surface area contributed by atoms with E-state index >= 15 is 0 Å². The number of nitro groups is 1. The van der Waals surface area contributed by atoms with Crippen LogP contribution in [0.25, 0.3) is 0 Å². The Labute approximate surface area is 86.2 Å². The van der Waals surface area contributed by atoms with E-state index in [0.29, 0.717) is 5.69 Å². The van der Waals surface area contributed by atoms with Gasteiger partial charge in [-0.15, -0.1) is 11.8 Å². The summed E-state index contributed by atoms with van der Waals surface area (Å²) in [6, 6.07) is 6.28. The van der Waals surface area contributed by atoms with Gasteiger partial charge in [0.2, 0.25) is 0 Å². The van der Waals surface area contributed by atoms with Gasteiger partial charge in [0.15, 0.2) is 0 Å². The van der Waals surface area contributed by atoms with Gasteiger partial charge in [-0.1, -0.05) is 6.07 Å². The maximum atomic E-state index is 10.5. The number of hydrogen-bond acceptors (Lipinski definition) is 4. The van der Waals surface area contributed by atoms with Crippen LogP contribution in [0.3, 0.4) is 0 Å². The van der Waals surface area contributed by atoms with E-state index in [2.05, 4.69) is 4.99 Å². The van der Waals surface area contributed by atoms with Crippen LogP contribution in [-0.4, -0.2) is 16.2 Å². The molecule has 1 aromatic carbocycles. The highest BCUT2D eigenvalue weighted by atomic mass is 32.2. The molecule has 0 aromatic heterocycles. The van der Waals surface area contributed by atoms with Crippen molar-refractivity contribution in [1.82, 2.24) is 0 Å². The molecule has 0 unspecified atom stereocenters. The predicted octanol–water partition coefficient (Wildman–Crippen LogP) is 3.01. The minimum Gasteiger partial charge on any atom is -0.258 e. The quantitative estimate of drug-likeness (QED) is 0.326. The maximum absolute atomic E-state index is 10.5. The second-order valence-corrected chi connectivity index (χ2v) is 3.61. The second-order valence-electron chi connectivity index (χ2n) is 2.61. The SMILES string of the molecule is CSC(C)=Nc1cccc([N+](=O)[O-])c1. The van der Waals surface area contributed by atoms with Crippen molar-refractivity contribution in [2.75, 3.05) is 6.26 Å². The van der Waals surface area contributed by atoms with Crippen molar-refractivity contribution in [2.45, 2.75) is 6.92 Å². The molecule has 4 nitrogen and oxygen atoms in total. The number of thioether (sulfide) groups is 1. The van der Waals surface area contributed by atoms with Crippen LogP contribution in [0, 0.1) is 10.1 Å². The largest absolute Gasteiger partial charge is 0.271 e. The average molecular weight is 210 g/mol. The normalized spacial score (nSPS) is 11.4. The standard InChI is InChI=1S/C9H10N2O2S/c1-7(14-2)10-8-4-3-5-9(6-8)11(12)13/h3-6H,1-2H3. The molecular formula is C9H10N2O2S. The number of nitrogens with zero attached hydrogens (tertiary/aromatic N) is 2. The number of hydrogen-bond donors (Lipinski definition) is 0. The fourth-order valence-electron chi connectivity index (χ4n) is 0.904. The highest BCUT2D eigenvalue weighted by Gasteiger charge is 2.04. The van der Waals surface area contributed by atoms with Crippen LogP contribution < -0.4 is 0 Å². The van der Waals surface area contributed by atoms with E-state index in [9.17, 15) is 10.1 Å². The zero-order valence-corrected chi connectivity index (χ0v) is 8.75. The Morgan fingerprint density at radius 3 is 2.86 bits per heavy atom. The topological polar surface area (TPSA) is 55.5 Å². The zero-order valence-electron chi connectivity index (χ0n) is 7.93. The minimum absolute atomic E-state index is 0.0696. The second kappa shape index (κ2) is 4.76. The Hall–Kier alpha value is -1.36. The fraction of sp³-hybridized carbons (Fsp3) is 0.222. The van der Waals surface area contributed by atoms with Gasteiger partial charge in [-0.05, 0) is 19.2 Å². The van der Waals surface area contributed by atoms with E-state index in [1.165, 1.54) is 23.9 Å². The predicted molar refractivity (Wildman–Crippen MR) is 59.4 cm³/mol. The summed E-state index contributed by atoms with van der Waals surface area (Å²) < 4.78 is 0. The third-order valence-electron chi connectivity index (χ3n) is 1.62. The Morgan fingerprint density at radius 2 is 2.29 bits per heavy atom. The molecule has 0 atom stereocenters. The zero-order chi connectivity index (χ0) is 10.6. The van der Waals surface area contributed by atoms with Gasteiger partial charge in [-0.2, -0.15) is 0 Å². The molecular weight excluding hydrogens is 200 g/mol. The van der Waals surface area contributed by atoms with Crippen molar-refractivity contribution < 1.29 is 4.92 Å². The van der Waals surface area contributed by atoms with Gasteiger partial charge in [-0.3, -0.25) is 10.1 Å². The lowest BCUT2D eigenvalue weighted by Crippen LogP contribution is -1.86. The first-order valence-corrected chi connectivity index (χ1v) is 5.19. The van der Waals surface area contributed by atoms with Crippen LogP contribution in [-0.2, 0) is 0 Å². The van der Waals surface area contributed by atoms with Crippen LogP contribution in [0.4, 0.5) is 11.4 Å². The molecule has 14 heavy (non-hydrogen) atoms. The molecule has 0 saturated heterocycles. The summed E-state index contributed by atoms with van der Waals surface area (Å²) >= 11 is 1.51. The van der Waals surface area contributed by atoms with Crippen molar-refractivity contribution >= 4 is 28.2 Å². The lowest BCUT2D eigenvalue weighted by atomic mass is 10.3. The number of benzene rings is 1. The van der Waals surface area contributed by atoms with Crippen molar-refractivity contribution in [1.29, 1.82) is 0 Å². The first kappa shape index (κ1) is 10.7. The Kier molecular flexibility index (Phi) is 3.64. The molecule has 0 radical (unpaired) electrons. The number of rotatable bonds is 2. The van der Waals surface area contributed by atoms with E-state index < -0.39 is 4.92 Å². The molecule has 5 heteroatoms. The summed E-state index contributed by atoms with van der Waals surface area (Å²) in [4.78, 5) is 14.2. The molecule has 0 fully saturated rings. The lowest BCUT2D eigenvalue weighted by molar-refractivity contribution is -0.384. The molecule has 0 heterocycles. The Balaban J connectivity index is 3.00. The number of nitro benzene ring substituents is 1. The highest BCUT2D eigenvalue weighted by Crippen LogP contribution is 2.20. The third kappa shape index (κ3) is 2.85. The van der Waals surface area contributed by atoms with Crippen LogP contribution >= 0.6 is 11.8 Å². The third-order valence-corrected chi connectivity index (χ3v) is 2.30. The lowest BCUT2D eigenvalue weighted by Gasteiger charge is -1.96. The first-order valence-electron chi connectivity index (χ1n) is 3.97. The molecule has 0 aliphatic rings. The van der Waals surface area contributed by atoms with Crippen molar-refractivity contribution in [3.8, 4) is 0 Å². The van der Waals surface area contributed by atoms with Crippen LogP contribution in [0.1, 0.15) is 6.92 Å². The first-order chi connectivity index (χ1) is 6.63. The molecule has 0 bridgehead atoms. The average Bonchev–Trinajstić information content (AvgIpc) is 2.18. The van der Waals surface area contributed by atoms with Gasteiger partial charge in [0.05, 0.1) is 15.7 Å². The summed E-state index contributed by atoms with van der Waals surface area (Å²) in [5.74, 6) is 0. The van der Waals surface area contributed by atoms with Gasteiger partial charge in [0.25, 0.3) is 5.69 Å². The Morgan fingerprint density at radius 1 is 1.57 bits per heavy atom. The maximum Gasteiger partial charge on any atom is 0.271 e. The fourth-order valence-corrected chi connectivity index (χ4v) is 1.10. The molecule has 74 valence electrons. The molecule has 0 spiro atoms. The van der Waals surface area contributed by atoms with Gasteiger partial charge < -0.3 is 0 Å². The van der Waals surface area contributed by atoms with Crippen molar-refractivity contribution in [3.05, 3.63) is 34.4 Å². The summed E-state index contributed by atoms with van der Waals surface area (Å²) in [5, 5.41) is 11.3. The molecule has 0 N–H and O–H groups in total. The van der Waals surface area contributed by atoms with Gasteiger partial charge in [0.1, 0.15) is 0 Å². The van der Waals surface area contributed by atoms with E-state index in [1.807, 2.05) is 13.2 Å². The molecule has 0 aliphatic carbocycles. The van der Waals surface area contributed by atoms with Crippen molar-refractivity contribution in [3.63, 3.8) is 0 Å².